The molecular weight excluding hydrogens is 426 g/mol. The number of nitrogens with zero attached hydrogens (tertiary/aromatic N) is 1. The Hall–Kier alpha value is -3.52. The van der Waals surface area contributed by atoms with Gasteiger partial charge >= 0.3 is 0 Å². The molecule has 1 aliphatic heterocycles. The fraction of sp³-hybridized carbons (Fsp3) is 0.360. The molecule has 1 amide bonds. The van der Waals surface area contributed by atoms with E-state index >= 15 is 0 Å². The van der Waals surface area contributed by atoms with Crippen molar-refractivity contribution in [2.24, 2.45) is 0 Å². The summed E-state index contributed by atoms with van der Waals surface area (Å²) in [6.07, 6.45) is 1.33. The normalized spacial score (nSPS) is 17.4. The van der Waals surface area contributed by atoms with E-state index in [4.69, 9.17) is 14.2 Å². The fourth-order valence-electron chi connectivity index (χ4n) is 3.81. The highest BCUT2D eigenvalue weighted by Gasteiger charge is 2.46. The van der Waals surface area contributed by atoms with Gasteiger partial charge in [0.1, 0.15) is 11.5 Å². The number of carbonyl (C=O) groups is 2. The molecule has 1 atom stereocenters. The summed E-state index contributed by atoms with van der Waals surface area (Å²) in [7, 11) is 2.97. The molecule has 1 heterocycles. The van der Waals surface area contributed by atoms with Crippen molar-refractivity contribution >= 4 is 17.4 Å². The molecule has 2 aromatic carbocycles. The number of hydrogen-bond acceptors (Lipinski definition) is 7. The van der Waals surface area contributed by atoms with Crippen molar-refractivity contribution in [3.63, 3.8) is 0 Å². The van der Waals surface area contributed by atoms with Crippen LogP contribution in [-0.2, 0) is 14.3 Å². The van der Waals surface area contributed by atoms with Crippen LogP contribution in [0.25, 0.3) is 5.76 Å². The summed E-state index contributed by atoms with van der Waals surface area (Å²) in [5.41, 5.74) is 0.869. The van der Waals surface area contributed by atoms with Gasteiger partial charge in [-0.2, -0.15) is 0 Å². The van der Waals surface area contributed by atoms with Crippen LogP contribution in [-0.4, -0.2) is 60.8 Å². The largest absolute Gasteiger partial charge is 0.507 e. The van der Waals surface area contributed by atoms with Crippen LogP contribution in [0.1, 0.15) is 36.9 Å². The summed E-state index contributed by atoms with van der Waals surface area (Å²) < 4.78 is 16.0. The summed E-state index contributed by atoms with van der Waals surface area (Å²) in [4.78, 5) is 27.4. The standard InChI is InChI=1S/C25H29NO7/c1-4-12-33-18-8-5-7-17(14-18)23(28)21-22(16-9-10-19(27)20(15-16)32-3)26(11-6-13-31-2)25(30)24(21)29/h5,7-10,14-15,22,27-28H,4,6,11-13H2,1-3H3/b23-21+. The van der Waals surface area contributed by atoms with Crippen molar-refractivity contribution in [2.45, 2.75) is 25.8 Å². The second-order valence-electron chi connectivity index (χ2n) is 7.65. The van der Waals surface area contributed by atoms with Gasteiger partial charge in [0, 0.05) is 25.8 Å². The number of benzene rings is 2. The molecule has 2 N–H and O–H groups in total. The van der Waals surface area contributed by atoms with Gasteiger partial charge in [-0.15, -0.1) is 0 Å². The molecule has 0 spiro atoms. The van der Waals surface area contributed by atoms with E-state index in [0.717, 1.165) is 6.42 Å². The first-order valence-electron chi connectivity index (χ1n) is 10.8. The minimum absolute atomic E-state index is 0.0298. The molecule has 1 fully saturated rings. The Balaban J connectivity index is 2.12. The molecule has 0 radical (unpaired) electrons. The molecule has 1 unspecified atom stereocenters. The number of ketones is 1. The summed E-state index contributed by atoms with van der Waals surface area (Å²) in [5, 5.41) is 21.2. The number of likely N-dealkylation sites (tertiary alicyclic amines) is 1. The zero-order valence-corrected chi connectivity index (χ0v) is 19.0. The maximum absolute atomic E-state index is 13.1. The SMILES string of the molecule is CCCOc1cccc(/C(O)=C2\C(=O)C(=O)N(CCCOC)C2c2ccc(O)c(OC)c2)c1. The lowest BCUT2D eigenvalue weighted by molar-refractivity contribution is -0.140. The van der Waals surface area contributed by atoms with Crippen LogP contribution in [0.2, 0.25) is 0 Å². The molecule has 0 bridgehead atoms. The van der Waals surface area contributed by atoms with Crippen LogP contribution in [0.3, 0.4) is 0 Å². The van der Waals surface area contributed by atoms with Gasteiger partial charge in [0.15, 0.2) is 11.5 Å². The smallest absolute Gasteiger partial charge is 0.295 e. The maximum atomic E-state index is 13.1. The van der Waals surface area contributed by atoms with Crippen LogP contribution in [0.5, 0.6) is 17.2 Å². The summed E-state index contributed by atoms with van der Waals surface area (Å²) in [6, 6.07) is 10.5. The van der Waals surface area contributed by atoms with Gasteiger partial charge < -0.3 is 29.3 Å². The van der Waals surface area contributed by atoms with Gasteiger partial charge in [-0.3, -0.25) is 9.59 Å². The number of carbonyl (C=O) groups excluding carboxylic acids is 2. The highest BCUT2D eigenvalue weighted by atomic mass is 16.5. The molecule has 0 saturated carbocycles. The van der Waals surface area contributed by atoms with Gasteiger partial charge in [0.2, 0.25) is 0 Å². The fourth-order valence-corrected chi connectivity index (χ4v) is 3.81. The van der Waals surface area contributed by atoms with E-state index in [2.05, 4.69) is 0 Å². The number of aliphatic hydroxyl groups is 1. The molecule has 8 heteroatoms. The Labute approximate surface area is 193 Å². The topological polar surface area (TPSA) is 106 Å². The Bertz CT molecular complexity index is 1050. The van der Waals surface area contributed by atoms with Crippen LogP contribution in [0, 0.1) is 0 Å². The number of Topliss-reactive ketones (excluding diaryl/α,β-unsaturated/α-hetero) is 1. The summed E-state index contributed by atoms with van der Waals surface area (Å²) in [5.74, 6) is -1.09. The average molecular weight is 456 g/mol. The maximum Gasteiger partial charge on any atom is 0.295 e. The van der Waals surface area contributed by atoms with E-state index in [1.54, 1.807) is 43.5 Å². The Morgan fingerprint density at radius 2 is 1.88 bits per heavy atom. The van der Waals surface area contributed by atoms with Gasteiger partial charge in [0.25, 0.3) is 11.7 Å². The Morgan fingerprint density at radius 3 is 2.58 bits per heavy atom. The van der Waals surface area contributed by atoms with Crippen molar-refractivity contribution in [1.82, 2.24) is 4.90 Å². The second-order valence-corrected chi connectivity index (χ2v) is 7.65. The van der Waals surface area contributed by atoms with E-state index in [9.17, 15) is 19.8 Å². The predicted octanol–water partition coefficient (Wildman–Crippen LogP) is 3.65. The molecule has 2 aromatic rings. The molecule has 0 aliphatic carbocycles. The van der Waals surface area contributed by atoms with E-state index in [1.807, 2.05) is 6.92 Å². The zero-order chi connectivity index (χ0) is 24.0. The number of rotatable bonds is 10. The first kappa shape index (κ1) is 24.1. The molecular formula is C25H29NO7. The van der Waals surface area contributed by atoms with Crippen molar-refractivity contribution in [1.29, 1.82) is 0 Å². The summed E-state index contributed by atoms with van der Waals surface area (Å²) in [6.45, 7) is 3.16. The molecule has 8 nitrogen and oxygen atoms in total. The van der Waals surface area contributed by atoms with Crippen LogP contribution >= 0.6 is 0 Å². The molecule has 0 aromatic heterocycles. The number of hydrogen-bond donors (Lipinski definition) is 2. The van der Waals surface area contributed by atoms with E-state index in [0.29, 0.717) is 36.5 Å². The molecule has 176 valence electrons. The Kier molecular flexibility index (Phi) is 7.95. The number of amides is 1. The number of phenolic OH excluding ortho intramolecular Hbond substituents is 1. The highest BCUT2D eigenvalue weighted by Crippen LogP contribution is 2.42. The third kappa shape index (κ3) is 5.12. The van der Waals surface area contributed by atoms with Crippen molar-refractivity contribution in [2.75, 3.05) is 34.0 Å². The third-order valence-corrected chi connectivity index (χ3v) is 5.39. The van der Waals surface area contributed by atoms with Crippen LogP contribution in [0.15, 0.2) is 48.0 Å². The average Bonchev–Trinajstić information content (AvgIpc) is 3.08. The number of methoxy groups -OCH3 is 2. The van der Waals surface area contributed by atoms with Gasteiger partial charge in [0.05, 0.1) is 25.3 Å². The van der Waals surface area contributed by atoms with Crippen LogP contribution < -0.4 is 9.47 Å². The summed E-state index contributed by atoms with van der Waals surface area (Å²) >= 11 is 0. The lowest BCUT2D eigenvalue weighted by atomic mass is 9.95. The van der Waals surface area contributed by atoms with Crippen molar-refractivity contribution < 1.29 is 34.0 Å². The van der Waals surface area contributed by atoms with Gasteiger partial charge in [-0.1, -0.05) is 25.1 Å². The molecule has 33 heavy (non-hydrogen) atoms. The zero-order valence-electron chi connectivity index (χ0n) is 19.0. The second kappa shape index (κ2) is 10.9. The van der Waals surface area contributed by atoms with Gasteiger partial charge in [-0.25, -0.2) is 0 Å². The quantitative estimate of drug-likeness (QED) is 0.244. The number of phenols is 1. The number of aliphatic hydroxyl groups excluding tert-OH is 1. The predicted molar refractivity (Wildman–Crippen MR) is 122 cm³/mol. The van der Waals surface area contributed by atoms with Gasteiger partial charge in [-0.05, 0) is 42.7 Å². The minimum Gasteiger partial charge on any atom is -0.507 e. The first-order valence-corrected chi connectivity index (χ1v) is 10.8. The van der Waals surface area contributed by atoms with E-state index < -0.39 is 17.7 Å². The monoisotopic (exact) mass is 455 g/mol. The number of ether oxygens (including phenoxy) is 3. The van der Waals surface area contributed by atoms with E-state index in [-0.39, 0.29) is 29.4 Å². The Morgan fingerprint density at radius 1 is 1.09 bits per heavy atom. The molecule has 1 saturated heterocycles. The first-order chi connectivity index (χ1) is 15.9. The molecule has 3 rings (SSSR count). The van der Waals surface area contributed by atoms with E-state index in [1.165, 1.54) is 18.1 Å². The van der Waals surface area contributed by atoms with Crippen LogP contribution in [0.4, 0.5) is 0 Å². The number of aromatic hydroxyl groups is 1. The third-order valence-electron chi connectivity index (χ3n) is 5.39. The minimum atomic E-state index is -0.850. The lowest BCUT2D eigenvalue weighted by Crippen LogP contribution is -2.31. The van der Waals surface area contributed by atoms with Crippen molar-refractivity contribution in [3.05, 3.63) is 59.2 Å². The lowest BCUT2D eigenvalue weighted by Gasteiger charge is -2.25. The highest BCUT2D eigenvalue weighted by molar-refractivity contribution is 6.46. The van der Waals surface area contributed by atoms with Crippen molar-refractivity contribution in [3.8, 4) is 17.2 Å². The molecule has 1 aliphatic rings.